The molecule has 2 rings (SSSR count). The Hall–Kier alpha value is -2.34. The normalized spacial score (nSPS) is 13.2. The van der Waals surface area contributed by atoms with Gasteiger partial charge < -0.3 is 26.2 Å². The third-order valence-electron chi connectivity index (χ3n) is 3.97. The Morgan fingerprint density at radius 1 is 1.41 bits per heavy atom. The Kier molecular flexibility index (Phi) is 9.89. The van der Waals surface area contributed by atoms with Gasteiger partial charge in [-0.3, -0.25) is 9.48 Å². The minimum absolute atomic E-state index is 0. The van der Waals surface area contributed by atoms with E-state index in [9.17, 15) is 9.90 Å². The fourth-order valence-electron chi connectivity index (χ4n) is 2.46. The van der Waals surface area contributed by atoms with Crippen molar-refractivity contribution in [1.82, 2.24) is 20.4 Å². The van der Waals surface area contributed by atoms with E-state index in [1.807, 2.05) is 25.1 Å². The molecule has 0 spiro atoms. The van der Waals surface area contributed by atoms with E-state index in [4.69, 9.17) is 10.5 Å². The van der Waals surface area contributed by atoms with E-state index < -0.39 is 11.5 Å². The molecule has 0 aliphatic heterocycles. The number of aliphatic imine (C=N–C) groups is 1. The molecule has 0 bridgehead atoms. The lowest BCUT2D eigenvalue weighted by atomic mass is 10.00. The van der Waals surface area contributed by atoms with E-state index in [1.165, 1.54) is 0 Å². The van der Waals surface area contributed by atoms with Gasteiger partial charge in [-0.05, 0) is 31.5 Å². The monoisotopic (exact) mass is 516 g/mol. The number of carbonyl (C=O) groups is 1. The maximum Gasteiger partial charge on any atom is 0.255 e. The lowest BCUT2D eigenvalue weighted by Crippen LogP contribution is -2.44. The van der Waals surface area contributed by atoms with Gasteiger partial charge >= 0.3 is 0 Å². The van der Waals surface area contributed by atoms with E-state index in [0.29, 0.717) is 24.8 Å². The Morgan fingerprint density at radius 3 is 2.79 bits per heavy atom. The number of nitrogens with zero attached hydrogens (tertiary/aromatic N) is 3. The quantitative estimate of drug-likeness (QED) is 0.223. The fourth-order valence-corrected chi connectivity index (χ4v) is 2.46. The van der Waals surface area contributed by atoms with Crippen LogP contribution in [0.3, 0.4) is 0 Å². The van der Waals surface area contributed by atoms with Crippen molar-refractivity contribution >= 4 is 35.8 Å². The van der Waals surface area contributed by atoms with E-state index in [0.717, 1.165) is 11.1 Å². The van der Waals surface area contributed by atoms with E-state index >= 15 is 0 Å². The van der Waals surface area contributed by atoms with Gasteiger partial charge in [-0.15, -0.1) is 24.0 Å². The molecule has 1 aromatic heterocycles. The zero-order valence-corrected chi connectivity index (χ0v) is 19.2. The molecule has 160 valence electrons. The van der Waals surface area contributed by atoms with Gasteiger partial charge in [-0.25, -0.2) is 4.99 Å². The third-order valence-corrected chi connectivity index (χ3v) is 3.97. The highest BCUT2D eigenvalue weighted by atomic mass is 127. The first kappa shape index (κ1) is 24.7. The zero-order valence-electron chi connectivity index (χ0n) is 16.9. The number of guanidine groups is 1. The zero-order chi connectivity index (χ0) is 20.6. The second-order valence-corrected chi connectivity index (χ2v) is 6.63. The number of carbonyl (C=O) groups excluding carboxylic acids is 1. The SMILES string of the molecule is CCNC(=NCc1cccc(OCC(N)=O)c1)NCC(C)(O)c1cnn(C)c1.I. The first-order valence-corrected chi connectivity index (χ1v) is 9.04. The first-order chi connectivity index (χ1) is 13.3. The fraction of sp³-hybridized carbons (Fsp3) is 0.421. The largest absolute Gasteiger partial charge is 0.484 e. The van der Waals surface area contributed by atoms with Crippen LogP contribution < -0.4 is 21.1 Å². The van der Waals surface area contributed by atoms with Crippen molar-refractivity contribution in [1.29, 1.82) is 0 Å². The second-order valence-electron chi connectivity index (χ2n) is 6.63. The lowest BCUT2D eigenvalue weighted by Gasteiger charge is -2.23. The smallest absolute Gasteiger partial charge is 0.255 e. The number of ether oxygens (including phenoxy) is 1. The molecule has 1 heterocycles. The number of benzene rings is 1. The average Bonchev–Trinajstić information content (AvgIpc) is 3.10. The van der Waals surface area contributed by atoms with Crippen LogP contribution in [0.2, 0.25) is 0 Å². The summed E-state index contributed by atoms with van der Waals surface area (Å²) in [6.07, 6.45) is 3.42. The molecule has 1 unspecified atom stereocenters. The topological polar surface area (TPSA) is 127 Å². The minimum Gasteiger partial charge on any atom is -0.484 e. The summed E-state index contributed by atoms with van der Waals surface area (Å²) in [6, 6.07) is 7.30. The highest BCUT2D eigenvalue weighted by Crippen LogP contribution is 2.18. The van der Waals surface area contributed by atoms with Crippen molar-refractivity contribution in [2.24, 2.45) is 17.8 Å². The maximum absolute atomic E-state index is 10.8. The number of amides is 1. The molecule has 10 heteroatoms. The molecule has 0 saturated heterocycles. The molecular weight excluding hydrogens is 487 g/mol. The van der Waals surface area contributed by atoms with Crippen LogP contribution in [0.25, 0.3) is 0 Å². The lowest BCUT2D eigenvalue weighted by molar-refractivity contribution is -0.119. The van der Waals surface area contributed by atoms with E-state index in [1.54, 1.807) is 37.1 Å². The molecular formula is C19H29IN6O3. The summed E-state index contributed by atoms with van der Waals surface area (Å²) in [7, 11) is 1.81. The predicted octanol–water partition coefficient (Wildman–Crippen LogP) is 0.865. The first-order valence-electron chi connectivity index (χ1n) is 9.04. The van der Waals surface area contributed by atoms with Crippen LogP contribution in [0.4, 0.5) is 0 Å². The summed E-state index contributed by atoms with van der Waals surface area (Å²) >= 11 is 0. The van der Waals surface area contributed by atoms with Crippen LogP contribution in [-0.4, -0.2) is 46.5 Å². The standard InChI is InChI=1S/C19H28N6O3.HI/c1-4-21-18(23-13-19(2,27)15-10-24-25(3)11-15)22-9-14-6-5-7-16(8-14)28-12-17(20)26;/h5-8,10-11,27H,4,9,12-13H2,1-3H3,(H2,20,26)(H2,21,22,23);1H. The van der Waals surface area contributed by atoms with Gasteiger partial charge in [0.25, 0.3) is 5.91 Å². The predicted molar refractivity (Wildman–Crippen MR) is 122 cm³/mol. The number of hydrogen-bond donors (Lipinski definition) is 4. The molecule has 2 aromatic rings. The van der Waals surface area contributed by atoms with Crippen LogP contribution in [0, 0.1) is 0 Å². The summed E-state index contributed by atoms with van der Waals surface area (Å²) in [6.45, 7) is 4.88. The molecule has 0 aliphatic carbocycles. The number of halogens is 1. The number of aryl methyl sites for hydroxylation is 1. The Labute approximate surface area is 187 Å². The molecule has 1 atom stereocenters. The number of aromatic nitrogens is 2. The van der Waals surface area contributed by atoms with Crippen molar-refractivity contribution in [3.63, 3.8) is 0 Å². The Balaban J connectivity index is 0.00000420. The van der Waals surface area contributed by atoms with E-state index in [-0.39, 0.29) is 37.1 Å². The summed E-state index contributed by atoms with van der Waals surface area (Å²) in [5.74, 6) is 0.613. The molecule has 0 saturated carbocycles. The van der Waals surface area contributed by atoms with Gasteiger partial charge in [0.15, 0.2) is 12.6 Å². The van der Waals surface area contributed by atoms with Crippen LogP contribution >= 0.6 is 24.0 Å². The van der Waals surface area contributed by atoms with Crippen LogP contribution in [-0.2, 0) is 24.0 Å². The molecule has 1 amide bonds. The maximum atomic E-state index is 10.8. The highest BCUT2D eigenvalue weighted by Gasteiger charge is 2.24. The minimum atomic E-state index is -1.09. The van der Waals surface area contributed by atoms with Crippen LogP contribution in [0.5, 0.6) is 5.75 Å². The number of hydrogen-bond acceptors (Lipinski definition) is 5. The highest BCUT2D eigenvalue weighted by molar-refractivity contribution is 14.0. The van der Waals surface area contributed by atoms with Crippen molar-refractivity contribution in [2.75, 3.05) is 19.7 Å². The van der Waals surface area contributed by atoms with Crippen LogP contribution in [0.1, 0.15) is 25.0 Å². The van der Waals surface area contributed by atoms with Crippen molar-refractivity contribution in [2.45, 2.75) is 26.0 Å². The van der Waals surface area contributed by atoms with Crippen LogP contribution in [0.15, 0.2) is 41.7 Å². The van der Waals surface area contributed by atoms with Gasteiger partial charge in [0, 0.05) is 25.4 Å². The van der Waals surface area contributed by atoms with Gasteiger partial charge in [0.1, 0.15) is 11.4 Å². The summed E-state index contributed by atoms with van der Waals surface area (Å²) in [5, 5.41) is 21.1. The van der Waals surface area contributed by atoms with Crippen molar-refractivity contribution in [3.8, 4) is 5.75 Å². The van der Waals surface area contributed by atoms with Gasteiger partial charge in [0.05, 0.1) is 19.3 Å². The van der Waals surface area contributed by atoms with Crippen molar-refractivity contribution < 1.29 is 14.6 Å². The third kappa shape index (κ3) is 8.28. The number of nitrogens with one attached hydrogen (secondary N) is 2. The number of aliphatic hydroxyl groups is 1. The molecule has 9 nitrogen and oxygen atoms in total. The second kappa shape index (κ2) is 11.6. The molecule has 0 fully saturated rings. The van der Waals surface area contributed by atoms with E-state index in [2.05, 4.69) is 20.7 Å². The average molecular weight is 516 g/mol. The Morgan fingerprint density at radius 2 is 2.17 bits per heavy atom. The molecule has 29 heavy (non-hydrogen) atoms. The molecule has 0 radical (unpaired) electrons. The number of nitrogens with two attached hydrogens (primary N) is 1. The molecule has 5 N–H and O–H groups in total. The summed E-state index contributed by atoms with van der Waals surface area (Å²) in [5.41, 5.74) is 5.64. The molecule has 0 aliphatic rings. The molecule has 1 aromatic carbocycles. The summed E-state index contributed by atoms with van der Waals surface area (Å²) < 4.78 is 6.96. The summed E-state index contributed by atoms with van der Waals surface area (Å²) in [4.78, 5) is 15.4. The van der Waals surface area contributed by atoms with Gasteiger partial charge in [0.2, 0.25) is 0 Å². The number of rotatable bonds is 9. The van der Waals surface area contributed by atoms with Gasteiger partial charge in [-0.1, -0.05) is 12.1 Å². The Bertz CT molecular complexity index is 822. The number of primary amides is 1. The van der Waals surface area contributed by atoms with Crippen molar-refractivity contribution in [3.05, 3.63) is 47.8 Å². The van der Waals surface area contributed by atoms with Gasteiger partial charge in [-0.2, -0.15) is 5.10 Å².